The fraction of sp³-hybridized carbons (Fsp3) is 0.333. The van der Waals surface area contributed by atoms with Gasteiger partial charge in [0.2, 0.25) is 0 Å². The Morgan fingerprint density at radius 2 is 1.61 bits per heavy atom. The maximum Gasteiger partial charge on any atom is 0.119 e. The Hall–Kier alpha value is -1.73. The molecule has 2 rings (SSSR count). The molecule has 122 valence electrons. The summed E-state index contributed by atoms with van der Waals surface area (Å²) < 4.78 is 5.80. The van der Waals surface area contributed by atoms with Crippen LogP contribution < -0.4 is 4.74 Å². The fourth-order valence-electron chi connectivity index (χ4n) is 2.38. The highest BCUT2D eigenvalue weighted by molar-refractivity contribution is 6.18. The van der Waals surface area contributed by atoms with Crippen LogP contribution in [0.3, 0.4) is 0 Å². The Balaban J connectivity index is 1.77. The highest BCUT2D eigenvalue weighted by atomic mass is 35.5. The second-order valence-electron chi connectivity index (χ2n) is 5.73. The van der Waals surface area contributed by atoms with Crippen molar-refractivity contribution in [2.75, 3.05) is 12.5 Å². The van der Waals surface area contributed by atoms with Gasteiger partial charge in [-0.2, -0.15) is 0 Å². The second-order valence-corrected chi connectivity index (χ2v) is 6.04. The van der Waals surface area contributed by atoms with E-state index in [0.29, 0.717) is 5.92 Å². The maximum atomic E-state index is 5.91. The molecule has 1 unspecified atom stereocenters. The zero-order chi connectivity index (χ0) is 16.3. The minimum absolute atomic E-state index is 0.616. The molecule has 0 aromatic heterocycles. The molecule has 0 heterocycles. The Kier molecular flexibility index (Phi) is 7.75. The van der Waals surface area contributed by atoms with Gasteiger partial charge in [0.1, 0.15) is 5.75 Å². The molecule has 1 atom stereocenters. The van der Waals surface area contributed by atoms with Crippen molar-refractivity contribution >= 4 is 23.8 Å². The zero-order valence-electron chi connectivity index (χ0n) is 13.7. The van der Waals surface area contributed by atoms with Crippen LogP contribution in [0.2, 0.25) is 0 Å². The summed E-state index contributed by atoms with van der Waals surface area (Å²) in [6, 6.07) is 18.5. The first-order chi connectivity index (χ1) is 11.3. The van der Waals surface area contributed by atoms with Gasteiger partial charge < -0.3 is 4.74 Å². The number of hydrogen-bond acceptors (Lipinski definition) is 1. The van der Waals surface area contributed by atoms with Crippen molar-refractivity contribution in [2.45, 2.75) is 26.2 Å². The van der Waals surface area contributed by atoms with Gasteiger partial charge >= 0.3 is 0 Å². The predicted molar refractivity (Wildman–Crippen MR) is 101 cm³/mol. The van der Waals surface area contributed by atoms with Gasteiger partial charge in [-0.05, 0) is 42.0 Å². The highest BCUT2D eigenvalue weighted by Gasteiger charge is 2.04. The summed E-state index contributed by atoms with van der Waals surface area (Å²) in [5.41, 5.74) is 2.38. The first kappa shape index (κ1) is 17.6. The number of alkyl halides is 1. The summed E-state index contributed by atoms with van der Waals surface area (Å²) in [5.74, 6) is 2.30. The maximum absolute atomic E-state index is 5.91. The number of ether oxygens (including phenoxy) is 1. The largest absolute Gasteiger partial charge is 0.494 e. The third-order valence-corrected chi connectivity index (χ3v) is 4.41. The number of benzene rings is 2. The van der Waals surface area contributed by atoms with E-state index in [1.54, 1.807) is 0 Å². The van der Waals surface area contributed by atoms with Crippen molar-refractivity contribution in [2.24, 2.45) is 5.92 Å². The van der Waals surface area contributed by atoms with Crippen molar-refractivity contribution in [3.05, 3.63) is 65.7 Å². The average molecular weight is 329 g/mol. The monoisotopic (exact) mass is 328 g/mol. The molecule has 0 saturated carbocycles. The SMILES string of the molecule is CCC(CCl)CCCOc1ccc(C=Cc2ccccc2)cc1. The standard InChI is InChI=1S/C21H25ClO/c1-2-18(17-22)9-6-16-23-21-14-12-20(13-15-21)11-10-19-7-4-3-5-8-19/h3-5,7-8,10-15,18H,2,6,9,16-17H2,1H3. The molecule has 0 aliphatic rings. The summed E-state index contributed by atoms with van der Waals surface area (Å²) in [7, 11) is 0. The minimum Gasteiger partial charge on any atom is -0.494 e. The molecule has 0 N–H and O–H groups in total. The molecule has 0 fully saturated rings. The lowest BCUT2D eigenvalue weighted by Crippen LogP contribution is -2.04. The molecule has 2 aromatic rings. The van der Waals surface area contributed by atoms with Gasteiger partial charge in [-0.1, -0.05) is 68.0 Å². The smallest absolute Gasteiger partial charge is 0.119 e. The first-order valence-electron chi connectivity index (χ1n) is 8.33. The van der Waals surface area contributed by atoms with E-state index in [4.69, 9.17) is 16.3 Å². The lowest BCUT2D eigenvalue weighted by atomic mass is 10.0. The van der Waals surface area contributed by atoms with Crippen LogP contribution in [-0.2, 0) is 0 Å². The molecular formula is C21H25ClO. The van der Waals surface area contributed by atoms with E-state index in [1.807, 2.05) is 30.3 Å². The highest BCUT2D eigenvalue weighted by Crippen LogP contribution is 2.16. The quantitative estimate of drug-likeness (QED) is 0.299. The van der Waals surface area contributed by atoms with Gasteiger partial charge in [-0.3, -0.25) is 0 Å². The summed E-state index contributed by atoms with van der Waals surface area (Å²) in [4.78, 5) is 0. The molecule has 0 aliphatic heterocycles. The van der Waals surface area contributed by atoms with E-state index in [1.165, 1.54) is 11.1 Å². The lowest BCUT2D eigenvalue weighted by molar-refractivity contribution is 0.294. The fourth-order valence-corrected chi connectivity index (χ4v) is 2.76. The van der Waals surface area contributed by atoms with Crippen LogP contribution in [0.1, 0.15) is 37.3 Å². The van der Waals surface area contributed by atoms with E-state index < -0.39 is 0 Å². The van der Waals surface area contributed by atoms with E-state index in [9.17, 15) is 0 Å². The van der Waals surface area contributed by atoms with Gasteiger partial charge in [0.05, 0.1) is 6.61 Å². The van der Waals surface area contributed by atoms with Gasteiger partial charge in [0.25, 0.3) is 0 Å². The molecule has 0 spiro atoms. The molecule has 0 radical (unpaired) electrons. The predicted octanol–water partition coefficient (Wildman–Crippen LogP) is 6.28. The molecular weight excluding hydrogens is 304 g/mol. The normalized spacial score (nSPS) is 12.4. The molecule has 0 saturated heterocycles. The van der Waals surface area contributed by atoms with Crippen LogP contribution in [0.15, 0.2) is 54.6 Å². The van der Waals surface area contributed by atoms with Crippen LogP contribution in [0.25, 0.3) is 12.2 Å². The Labute approximate surface area is 145 Å². The van der Waals surface area contributed by atoms with Crippen molar-refractivity contribution in [1.82, 2.24) is 0 Å². The van der Waals surface area contributed by atoms with Crippen molar-refractivity contribution in [3.63, 3.8) is 0 Å². The van der Waals surface area contributed by atoms with Crippen LogP contribution in [-0.4, -0.2) is 12.5 Å². The van der Waals surface area contributed by atoms with Crippen molar-refractivity contribution in [3.8, 4) is 5.75 Å². The summed E-state index contributed by atoms with van der Waals surface area (Å²) in [6.07, 6.45) is 7.57. The zero-order valence-corrected chi connectivity index (χ0v) is 14.5. The van der Waals surface area contributed by atoms with E-state index in [2.05, 4.69) is 43.3 Å². The molecule has 2 heteroatoms. The molecule has 23 heavy (non-hydrogen) atoms. The van der Waals surface area contributed by atoms with Gasteiger partial charge in [-0.15, -0.1) is 11.6 Å². The minimum atomic E-state index is 0.616. The van der Waals surface area contributed by atoms with Crippen molar-refractivity contribution in [1.29, 1.82) is 0 Å². The Morgan fingerprint density at radius 1 is 0.957 bits per heavy atom. The van der Waals surface area contributed by atoms with Crippen molar-refractivity contribution < 1.29 is 4.74 Å². The van der Waals surface area contributed by atoms with Gasteiger partial charge in [0.15, 0.2) is 0 Å². The topological polar surface area (TPSA) is 9.23 Å². The second kappa shape index (κ2) is 10.1. The number of rotatable bonds is 9. The summed E-state index contributed by atoms with van der Waals surface area (Å²) >= 11 is 5.91. The summed E-state index contributed by atoms with van der Waals surface area (Å²) in [6.45, 7) is 2.95. The average Bonchev–Trinajstić information content (AvgIpc) is 2.62. The molecule has 0 aliphatic carbocycles. The Bertz CT molecular complexity index is 571. The van der Waals surface area contributed by atoms with Gasteiger partial charge in [0, 0.05) is 5.88 Å². The van der Waals surface area contributed by atoms with Crippen LogP contribution in [0.4, 0.5) is 0 Å². The van der Waals surface area contributed by atoms with E-state index >= 15 is 0 Å². The third-order valence-electron chi connectivity index (χ3n) is 3.97. The molecule has 2 aromatic carbocycles. The van der Waals surface area contributed by atoms with Crippen LogP contribution >= 0.6 is 11.6 Å². The van der Waals surface area contributed by atoms with E-state index in [0.717, 1.165) is 37.5 Å². The molecule has 0 bridgehead atoms. The molecule has 0 amide bonds. The number of halogens is 1. The third kappa shape index (κ3) is 6.50. The van der Waals surface area contributed by atoms with Gasteiger partial charge in [-0.25, -0.2) is 0 Å². The van der Waals surface area contributed by atoms with E-state index in [-0.39, 0.29) is 0 Å². The summed E-state index contributed by atoms with van der Waals surface area (Å²) in [5, 5.41) is 0. The van der Waals surface area contributed by atoms with Crippen LogP contribution in [0.5, 0.6) is 5.75 Å². The Morgan fingerprint density at radius 3 is 2.22 bits per heavy atom. The first-order valence-corrected chi connectivity index (χ1v) is 8.87. The van der Waals surface area contributed by atoms with Crippen LogP contribution in [0, 0.1) is 5.92 Å². The number of hydrogen-bond donors (Lipinski definition) is 0. The molecule has 1 nitrogen and oxygen atoms in total. The lowest BCUT2D eigenvalue weighted by Gasteiger charge is -2.11.